The molecule has 0 rings (SSSR count). The van der Waals surface area contributed by atoms with E-state index in [0.29, 0.717) is 6.61 Å². The van der Waals surface area contributed by atoms with E-state index in [1.165, 1.54) is 71.1 Å². The number of unbranched alkanes of at least 4 members (excludes halogenated alkanes) is 11. The highest BCUT2D eigenvalue weighted by atomic mass is 16.6. The van der Waals surface area contributed by atoms with Crippen molar-refractivity contribution in [2.45, 2.75) is 110 Å². The van der Waals surface area contributed by atoms with Crippen molar-refractivity contribution in [1.29, 1.82) is 0 Å². The minimum atomic E-state index is -0.284. The predicted octanol–water partition coefficient (Wildman–Crippen LogP) is 6.58. The molecule has 4 heteroatoms. The highest BCUT2D eigenvalue weighted by molar-refractivity contribution is 5.65. The van der Waals surface area contributed by atoms with Gasteiger partial charge in [0.2, 0.25) is 0 Å². The molecule has 0 aliphatic heterocycles. The molecule has 0 aliphatic carbocycles. The molecule has 0 saturated carbocycles. The smallest absolute Gasteiger partial charge is 0.302 e. The van der Waals surface area contributed by atoms with Crippen LogP contribution in [-0.2, 0) is 19.0 Å². The summed E-state index contributed by atoms with van der Waals surface area (Å²) in [6.07, 6.45) is 20.0. The van der Waals surface area contributed by atoms with Gasteiger partial charge < -0.3 is 14.2 Å². The third kappa shape index (κ3) is 21.1. The van der Waals surface area contributed by atoms with Crippen molar-refractivity contribution in [2.75, 3.05) is 19.8 Å². The standard InChI is InChI=1S/C23H44O4/c1-4-6-8-10-11-12-13-14-15-16-18-25-20-23(21-27-22(3)24)26-19-17-9-7-5-2/h17,19,23H,4-16,18,20-21H2,1-3H3/t23-/m1/s1. The monoisotopic (exact) mass is 384 g/mol. The number of ether oxygens (including phenoxy) is 3. The molecule has 0 N–H and O–H groups in total. The Balaban J connectivity index is 3.64. The van der Waals surface area contributed by atoms with E-state index in [9.17, 15) is 4.79 Å². The van der Waals surface area contributed by atoms with E-state index in [1.54, 1.807) is 6.26 Å². The molecular weight excluding hydrogens is 340 g/mol. The second kappa shape index (κ2) is 21.3. The number of carbonyl (C=O) groups excluding carboxylic acids is 1. The van der Waals surface area contributed by atoms with Crippen LogP contribution in [0.25, 0.3) is 0 Å². The van der Waals surface area contributed by atoms with Gasteiger partial charge in [-0.3, -0.25) is 4.79 Å². The zero-order chi connectivity index (χ0) is 20.0. The van der Waals surface area contributed by atoms with Crippen molar-refractivity contribution in [1.82, 2.24) is 0 Å². The lowest BCUT2D eigenvalue weighted by atomic mass is 10.1. The van der Waals surface area contributed by atoms with Crippen LogP contribution in [0.15, 0.2) is 12.3 Å². The van der Waals surface area contributed by atoms with Crippen LogP contribution in [0.4, 0.5) is 0 Å². The first-order chi connectivity index (χ1) is 13.2. The van der Waals surface area contributed by atoms with Crippen molar-refractivity contribution in [3.8, 4) is 0 Å². The molecule has 0 amide bonds. The second-order valence-electron chi connectivity index (χ2n) is 7.33. The van der Waals surface area contributed by atoms with Crippen LogP contribution in [0.3, 0.4) is 0 Å². The average molecular weight is 385 g/mol. The van der Waals surface area contributed by atoms with Crippen molar-refractivity contribution in [2.24, 2.45) is 0 Å². The van der Waals surface area contributed by atoms with Gasteiger partial charge in [0.1, 0.15) is 6.61 Å². The van der Waals surface area contributed by atoms with Gasteiger partial charge in [0.25, 0.3) is 0 Å². The summed E-state index contributed by atoms with van der Waals surface area (Å²) < 4.78 is 16.4. The molecule has 0 saturated heterocycles. The third-order valence-corrected chi connectivity index (χ3v) is 4.51. The van der Waals surface area contributed by atoms with E-state index in [0.717, 1.165) is 25.9 Å². The minimum absolute atomic E-state index is 0.227. The molecule has 1 atom stereocenters. The molecule has 0 bridgehead atoms. The quantitative estimate of drug-likeness (QED) is 0.135. The Morgan fingerprint density at radius 2 is 1.41 bits per heavy atom. The van der Waals surface area contributed by atoms with Crippen LogP contribution >= 0.6 is 0 Å². The number of allylic oxidation sites excluding steroid dienone is 1. The molecule has 0 spiro atoms. The summed E-state index contributed by atoms with van der Waals surface area (Å²) in [6.45, 7) is 7.29. The SMILES string of the molecule is CCCCC=CO[C@H](COCCCCCCCCCCCC)COC(C)=O. The fourth-order valence-electron chi connectivity index (χ4n) is 2.80. The Hall–Kier alpha value is -1.03. The Bertz CT molecular complexity index is 341. The molecule has 0 aromatic rings. The Morgan fingerprint density at radius 1 is 0.815 bits per heavy atom. The zero-order valence-corrected chi connectivity index (χ0v) is 18.2. The van der Waals surface area contributed by atoms with Gasteiger partial charge in [0, 0.05) is 13.5 Å². The first kappa shape index (κ1) is 26.0. The Kier molecular flexibility index (Phi) is 20.5. The summed E-state index contributed by atoms with van der Waals surface area (Å²) in [5.41, 5.74) is 0. The summed E-state index contributed by atoms with van der Waals surface area (Å²) in [5, 5.41) is 0. The fourth-order valence-corrected chi connectivity index (χ4v) is 2.80. The number of hydrogen-bond donors (Lipinski definition) is 0. The lowest BCUT2D eigenvalue weighted by molar-refractivity contribution is -0.145. The van der Waals surface area contributed by atoms with Crippen LogP contribution in [0, 0.1) is 0 Å². The average Bonchev–Trinajstić information content (AvgIpc) is 2.65. The largest absolute Gasteiger partial charge is 0.492 e. The van der Waals surface area contributed by atoms with Crippen LogP contribution in [-0.4, -0.2) is 31.9 Å². The summed E-state index contributed by atoms with van der Waals surface area (Å²) in [7, 11) is 0. The lowest BCUT2D eigenvalue weighted by Gasteiger charge is -2.16. The highest BCUT2D eigenvalue weighted by Crippen LogP contribution is 2.10. The van der Waals surface area contributed by atoms with Crippen LogP contribution in [0.2, 0.25) is 0 Å². The molecule has 0 radical (unpaired) electrons. The maximum Gasteiger partial charge on any atom is 0.302 e. The van der Waals surface area contributed by atoms with Crippen molar-refractivity contribution in [3.05, 3.63) is 12.3 Å². The summed E-state index contributed by atoms with van der Waals surface area (Å²) in [6, 6.07) is 0. The summed E-state index contributed by atoms with van der Waals surface area (Å²) >= 11 is 0. The van der Waals surface area contributed by atoms with Gasteiger partial charge in [0.15, 0.2) is 6.10 Å². The maximum absolute atomic E-state index is 11.0. The molecule has 0 heterocycles. The number of carbonyl (C=O) groups is 1. The van der Waals surface area contributed by atoms with Crippen LogP contribution in [0.5, 0.6) is 0 Å². The number of rotatable bonds is 20. The van der Waals surface area contributed by atoms with Crippen molar-refractivity contribution < 1.29 is 19.0 Å². The summed E-state index contributed by atoms with van der Waals surface area (Å²) in [4.78, 5) is 11.0. The molecule has 4 nitrogen and oxygen atoms in total. The van der Waals surface area contributed by atoms with Gasteiger partial charge in [0.05, 0.1) is 12.9 Å². The van der Waals surface area contributed by atoms with Crippen LogP contribution in [0.1, 0.15) is 104 Å². The molecule has 0 aliphatic rings. The van der Waals surface area contributed by atoms with Gasteiger partial charge >= 0.3 is 5.97 Å². The van der Waals surface area contributed by atoms with Gasteiger partial charge in [-0.05, 0) is 25.3 Å². The Morgan fingerprint density at radius 3 is 2.00 bits per heavy atom. The van der Waals surface area contributed by atoms with E-state index in [4.69, 9.17) is 14.2 Å². The molecule has 0 unspecified atom stereocenters. The molecule has 160 valence electrons. The predicted molar refractivity (Wildman–Crippen MR) is 113 cm³/mol. The van der Waals surface area contributed by atoms with Crippen molar-refractivity contribution in [3.63, 3.8) is 0 Å². The second-order valence-corrected chi connectivity index (χ2v) is 7.33. The number of esters is 1. The van der Waals surface area contributed by atoms with E-state index < -0.39 is 0 Å². The first-order valence-corrected chi connectivity index (χ1v) is 11.2. The van der Waals surface area contributed by atoms with E-state index in [2.05, 4.69) is 13.8 Å². The molecule has 0 aromatic heterocycles. The van der Waals surface area contributed by atoms with Crippen molar-refractivity contribution >= 4 is 5.97 Å². The topological polar surface area (TPSA) is 44.8 Å². The van der Waals surface area contributed by atoms with E-state index in [-0.39, 0.29) is 18.7 Å². The maximum atomic E-state index is 11.0. The van der Waals surface area contributed by atoms with Gasteiger partial charge in [-0.1, -0.05) is 78.1 Å². The minimum Gasteiger partial charge on any atom is -0.492 e. The lowest BCUT2D eigenvalue weighted by Crippen LogP contribution is -2.25. The molecular formula is C23H44O4. The van der Waals surface area contributed by atoms with Gasteiger partial charge in [-0.25, -0.2) is 0 Å². The molecule has 0 fully saturated rings. The zero-order valence-electron chi connectivity index (χ0n) is 18.2. The first-order valence-electron chi connectivity index (χ1n) is 11.2. The summed E-state index contributed by atoms with van der Waals surface area (Å²) in [5.74, 6) is -0.284. The van der Waals surface area contributed by atoms with Gasteiger partial charge in [-0.2, -0.15) is 0 Å². The molecule has 0 aromatic carbocycles. The fraction of sp³-hybridized carbons (Fsp3) is 0.870. The Labute approximate surface area is 168 Å². The third-order valence-electron chi connectivity index (χ3n) is 4.51. The highest BCUT2D eigenvalue weighted by Gasteiger charge is 2.10. The normalized spacial score (nSPS) is 12.4. The van der Waals surface area contributed by atoms with Crippen LogP contribution < -0.4 is 0 Å². The molecule has 27 heavy (non-hydrogen) atoms. The van der Waals surface area contributed by atoms with E-state index >= 15 is 0 Å². The number of hydrogen-bond acceptors (Lipinski definition) is 4. The van der Waals surface area contributed by atoms with E-state index in [1.807, 2.05) is 6.08 Å². The van der Waals surface area contributed by atoms with Gasteiger partial charge in [-0.15, -0.1) is 0 Å².